The molecule has 0 N–H and O–H groups in total. The van der Waals surface area contributed by atoms with Crippen molar-refractivity contribution in [2.45, 2.75) is 32.9 Å². The third kappa shape index (κ3) is 5.51. The first kappa shape index (κ1) is 20.4. The van der Waals surface area contributed by atoms with Crippen molar-refractivity contribution >= 4 is 11.9 Å². The van der Waals surface area contributed by atoms with Crippen LogP contribution in [0.4, 0.5) is 4.39 Å². The van der Waals surface area contributed by atoms with E-state index < -0.39 is 17.4 Å². The van der Waals surface area contributed by atoms with Gasteiger partial charge in [0.25, 0.3) is 5.91 Å². The van der Waals surface area contributed by atoms with Gasteiger partial charge in [0.1, 0.15) is 11.3 Å². The zero-order valence-corrected chi connectivity index (χ0v) is 16.1. The first-order valence-electron chi connectivity index (χ1n) is 8.38. The number of hydrogen-bond donors (Lipinski definition) is 0. The van der Waals surface area contributed by atoms with Crippen molar-refractivity contribution in [2.24, 2.45) is 0 Å². The topological polar surface area (TPSA) is 68.7 Å². The van der Waals surface area contributed by atoms with Crippen LogP contribution >= 0.6 is 0 Å². The van der Waals surface area contributed by atoms with Gasteiger partial charge in [0, 0.05) is 19.8 Å². The minimum absolute atomic E-state index is 0.126. The second-order valence-corrected chi connectivity index (χ2v) is 7.06. The van der Waals surface area contributed by atoms with Crippen LogP contribution in [-0.2, 0) is 11.3 Å². The van der Waals surface area contributed by atoms with Crippen molar-refractivity contribution in [2.75, 3.05) is 14.2 Å². The molecule has 0 aliphatic carbocycles. The van der Waals surface area contributed by atoms with E-state index in [0.717, 1.165) is 0 Å². The predicted octanol–water partition coefficient (Wildman–Crippen LogP) is 3.46. The summed E-state index contributed by atoms with van der Waals surface area (Å²) in [7, 11) is 2.99. The van der Waals surface area contributed by atoms with Crippen LogP contribution in [0.2, 0.25) is 0 Å². The van der Waals surface area contributed by atoms with Crippen LogP contribution in [0, 0.1) is 5.82 Å². The quantitative estimate of drug-likeness (QED) is 0.750. The summed E-state index contributed by atoms with van der Waals surface area (Å²) < 4.78 is 23.9. The third-order valence-corrected chi connectivity index (χ3v) is 3.60. The number of nitrogens with zero attached hydrogens (tertiary/aromatic N) is 2. The number of esters is 1. The number of carbonyl (C=O) groups excluding carboxylic acids is 2. The monoisotopic (exact) mass is 374 g/mol. The van der Waals surface area contributed by atoms with Crippen molar-refractivity contribution in [3.8, 4) is 5.75 Å². The highest BCUT2D eigenvalue weighted by atomic mass is 19.1. The third-order valence-electron chi connectivity index (χ3n) is 3.60. The Balaban J connectivity index is 2.06. The van der Waals surface area contributed by atoms with E-state index in [2.05, 4.69) is 4.98 Å². The molecule has 0 bridgehead atoms. The lowest BCUT2D eigenvalue weighted by atomic mass is 10.1. The van der Waals surface area contributed by atoms with Gasteiger partial charge in [-0.05, 0) is 50.6 Å². The van der Waals surface area contributed by atoms with Gasteiger partial charge in [-0.1, -0.05) is 6.07 Å². The van der Waals surface area contributed by atoms with Gasteiger partial charge >= 0.3 is 5.97 Å². The summed E-state index contributed by atoms with van der Waals surface area (Å²) in [5.41, 5.74) is 0.448. The van der Waals surface area contributed by atoms with Crippen LogP contribution in [0.25, 0.3) is 0 Å². The summed E-state index contributed by atoms with van der Waals surface area (Å²) in [6, 6.07) is 7.49. The first-order valence-corrected chi connectivity index (χ1v) is 8.38. The maximum atomic E-state index is 13.8. The Kier molecular flexibility index (Phi) is 6.15. The molecule has 0 fully saturated rings. The number of rotatable bonds is 5. The van der Waals surface area contributed by atoms with Crippen LogP contribution in [0.3, 0.4) is 0 Å². The second kappa shape index (κ2) is 8.16. The van der Waals surface area contributed by atoms with Crippen LogP contribution in [0.1, 0.15) is 47.2 Å². The Hall–Kier alpha value is -2.96. The SMILES string of the molecule is COc1ccc(CN(C)C(=O)c2ccc(C(=O)OC(C)(C)C)nc2)cc1F. The fourth-order valence-electron chi connectivity index (χ4n) is 2.35. The number of pyridine rings is 1. The van der Waals surface area contributed by atoms with E-state index in [1.165, 1.54) is 42.5 Å². The highest BCUT2D eigenvalue weighted by Gasteiger charge is 2.20. The molecule has 0 unspecified atom stereocenters. The lowest BCUT2D eigenvalue weighted by Gasteiger charge is -2.19. The smallest absolute Gasteiger partial charge is 0.357 e. The fourth-order valence-corrected chi connectivity index (χ4v) is 2.35. The van der Waals surface area contributed by atoms with Crippen LogP contribution < -0.4 is 4.74 Å². The first-order chi connectivity index (χ1) is 12.6. The van der Waals surface area contributed by atoms with Gasteiger partial charge in [0.05, 0.1) is 12.7 Å². The number of methoxy groups -OCH3 is 1. The van der Waals surface area contributed by atoms with E-state index >= 15 is 0 Å². The summed E-state index contributed by atoms with van der Waals surface area (Å²) in [6.45, 7) is 5.51. The Morgan fingerprint density at radius 3 is 2.41 bits per heavy atom. The molecule has 0 spiro atoms. The van der Waals surface area contributed by atoms with Gasteiger partial charge in [-0.25, -0.2) is 14.2 Å². The molecule has 0 saturated heterocycles. The van der Waals surface area contributed by atoms with Crippen molar-refractivity contribution in [1.82, 2.24) is 9.88 Å². The van der Waals surface area contributed by atoms with Crippen molar-refractivity contribution in [3.05, 3.63) is 59.2 Å². The number of aromatic nitrogens is 1. The molecule has 1 heterocycles. The molecule has 0 aliphatic rings. The van der Waals surface area contributed by atoms with Crippen molar-refractivity contribution in [1.29, 1.82) is 0 Å². The fraction of sp³-hybridized carbons (Fsp3) is 0.350. The Labute approximate surface area is 157 Å². The molecule has 6 nitrogen and oxygen atoms in total. The summed E-state index contributed by atoms with van der Waals surface area (Å²) in [5.74, 6) is -1.19. The minimum Gasteiger partial charge on any atom is -0.494 e. The highest BCUT2D eigenvalue weighted by Crippen LogP contribution is 2.19. The normalized spacial score (nSPS) is 11.0. The van der Waals surface area contributed by atoms with Crippen LogP contribution in [0.15, 0.2) is 36.5 Å². The van der Waals surface area contributed by atoms with Gasteiger partial charge in [0.15, 0.2) is 11.6 Å². The summed E-state index contributed by atoms with van der Waals surface area (Å²) in [4.78, 5) is 29.9. The maximum absolute atomic E-state index is 13.8. The van der Waals surface area contributed by atoms with Gasteiger partial charge in [-0.3, -0.25) is 4.79 Å². The number of carbonyl (C=O) groups is 2. The molecular formula is C20H23FN2O4. The molecule has 0 atom stereocenters. The number of halogens is 1. The lowest BCUT2D eigenvalue weighted by molar-refractivity contribution is 0.00625. The van der Waals surface area contributed by atoms with Gasteiger partial charge < -0.3 is 14.4 Å². The second-order valence-electron chi connectivity index (χ2n) is 7.06. The number of benzene rings is 1. The largest absolute Gasteiger partial charge is 0.494 e. The van der Waals surface area contributed by atoms with E-state index in [1.807, 2.05) is 0 Å². The number of amides is 1. The number of hydrogen-bond acceptors (Lipinski definition) is 5. The summed E-state index contributed by atoms with van der Waals surface area (Å²) in [5, 5.41) is 0. The predicted molar refractivity (Wildman–Crippen MR) is 98.2 cm³/mol. The van der Waals surface area contributed by atoms with E-state index in [0.29, 0.717) is 11.1 Å². The number of ether oxygens (including phenoxy) is 2. The van der Waals surface area contributed by atoms with Crippen LogP contribution in [-0.4, -0.2) is 41.5 Å². The molecule has 1 aromatic heterocycles. The highest BCUT2D eigenvalue weighted by molar-refractivity contribution is 5.95. The Bertz CT molecular complexity index is 829. The molecule has 0 saturated carbocycles. The van der Waals surface area contributed by atoms with E-state index in [-0.39, 0.29) is 23.9 Å². The molecule has 1 aromatic carbocycles. The van der Waals surface area contributed by atoms with Gasteiger partial charge in [0.2, 0.25) is 0 Å². The lowest BCUT2D eigenvalue weighted by Crippen LogP contribution is -2.27. The standard InChI is InChI=1S/C20H23FN2O4/c1-20(2,3)27-19(25)16-8-7-14(11-22-16)18(24)23(4)12-13-6-9-17(26-5)15(21)10-13/h6-11H,12H2,1-5H3. The molecule has 144 valence electrons. The molecule has 2 aromatic rings. The zero-order chi connectivity index (χ0) is 20.2. The molecule has 0 radical (unpaired) electrons. The molecule has 1 amide bonds. The molecule has 27 heavy (non-hydrogen) atoms. The van der Waals surface area contributed by atoms with Crippen LogP contribution in [0.5, 0.6) is 5.75 Å². The van der Waals surface area contributed by atoms with E-state index in [9.17, 15) is 14.0 Å². The average Bonchev–Trinajstić information content (AvgIpc) is 2.60. The molecular weight excluding hydrogens is 351 g/mol. The van der Waals surface area contributed by atoms with Gasteiger partial charge in [-0.2, -0.15) is 0 Å². The summed E-state index contributed by atoms with van der Waals surface area (Å²) in [6.07, 6.45) is 1.33. The molecule has 7 heteroatoms. The summed E-state index contributed by atoms with van der Waals surface area (Å²) >= 11 is 0. The Morgan fingerprint density at radius 1 is 1.19 bits per heavy atom. The van der Waals surface area contributed by atoms with E-state index in [1.54, 1.807) is 33.9 Å². The Morgan fingerprint density at radius 2 is 1.89 bits per heavy atom. The minimum atomic E-state index is -0.624. The maximum Gasteiger partial charge on any atom is 0.357 e. The molecule has 2 rings (SSSR count). The van der Waals surface area contributed by atoms with Crippen molar-refractivity contribution in [3.63, 3.8) is 0 Å². The zero-order valence-electron chi connectivity index (χ0n) is 16.1. The van der Waals surface area contributed by atoms with E-state index in [4.69, 9.17) is 9.47 Å². The molecule has 0 aliphatic heterocycles. The van der Waals surface area contributed by atoms with Gasteiger partial charge in [-0.15, -0.1) is 0 Å². The van der Waals surface area contributed by atoms with Crippen molar-refractivity contribution < 1.29 is 23.5 Å². The average molecular weight is 374 g/mol.